The summed E-state index contributed by atoms with van der Waals surface area (Å²) in [6.45, 7) is 4.26. The minimum Gasteiger partial charge on any atom is -0.497 e. The minimum atomic E-state index is -0.791. The number of thioether (sulfide) groups is 1. The maximum atomic E-state index is 13.0. The van der Waals surface area contributed by atoms with Crippen LogP contribution in [0.15, 0.2) is 82.6 Å². The lowest BCUT2D eigenvalue weighted by molar-refractivity contribution is -0.117. The number of aromatic nitrogens is 3. The number of nitrogens with one attached hydrogen (secondary N) is 1. The van der Waals surface area contributed by atoms with E-state index in [4.69, 9.17) is 9.15 Å². The number of carbonyl (C=O) groups excluding carboxylic acids is 1. The van der Waals surface area contributed by atoms with Gasteiger partial charge in [-0.05, 0) is 55.8 Å². The molecule has 4 aromatic rings. The predicted molar refractivity (Wildman–Crippen MR) is 125 cm³/mol. The lowest BCUT2D eigenvalue weighted by Gasteiger charge is -2.23. The molecule has 0 bridgehead atoms. The van der Waals surface area contributed by atoms with E-state index in [2.05, 4.69) is 15.5 Å². The molecule has 0 aliphatic carbocycles. The van der Waals surface area contributed by atoms with Crippen LogP contribution < -0.4 is 10.1 Å². The van der Waals surface area contributed by atoms with Crippen LogP contribution in [0.5, 0.6) is 5.75 Å². The molecular weight excluding hydrogens is 424 g/mol. The zero-order chi connectivity index (χ0) is 22.6. The number of rotatable bonds is 8. The van der Waals surface area contributed by atoms with E-state index in [9.17, 15) is 4.79 Å². The summed E-state index contributed by atoms with van der Waals surface area (Å²) in [6.07, 6.45) is 1.60. The van der Waals surface area contributed by atoms with Gasteiger partial charge in [0.05, 0.1) is 24.7 Å². The Balaban J connectivity index is 1.61. The number of nitrogens with zero attached hydrogens (tertiary/aromatic N) is 3. The summed E-state index contributed by atoms with van der Waals surface area (Å²) in [7, 11) is 1.64. The maximum Gasteiger partial charge on any atom is 0.240 e. The Hall–Kier alpha value is -3.52. The van der Waals surface area contributed by atoms with E-state index < -0.39 is 4.75 Å². The van der Waals surface area contributed by atoms with Crippen molar-refractivity contribution in [2.75, 3.05) is 12.4 Å². The molecule has 2 heterocycles. The standard InChI is InChI=1S/C24H24N4O3S/c1-24(2,22(29)25-18-8-5-4-6-9-18)32-23-27-26-21(20-10-7-15-31-20)28(23)16-17-11-13-19(30-3)14-12-17/h4-15H,16H2,1-3H3,(H,25,29). The summed E-state index contributed by atoms with van der Waals surface area (Å²) in [5, 5.41) is 12.3. The van der Waals surface area contributed by atoms with Crippen LogP contribution in [-0.2, 0) is 11.3 Å². The van der Waals surface area contributed by atoms with Gasteiger partial charge in [0.25, 0.3) is 0 Å². The molecule has 32 heavy (non-hydrogen) atoms. The van der Waals surface area contributed by atoms with Crippen LogP contribution in [-0.4, -0.2) is 32.5 Å². The molecule has 1 N–H and O–H groups in total. The number of anilines is 1. The van der Waals surface area contributed by atoms with E-state index in [1.807, 2.05) is 85.1 Å². The second-order valence-electron chi connectivity index (χ2n) is 7.65. The Bertz CT molecular complexity index is 1170. The maximum absolute atomic E-state index is 13.0. The van der Waals surface area contributed by atoms with Gasteiger partial charge in [0.15, 0.2) is 10.9 Å². The Labute approximate surface area is 190 Å². The zero-order valence-electron chi connectivity index (χ0n) is 18.1. The Kier molecular flexibility index (Phi) is 6.32. The lowest BCUT2D eigenvalue weighted by Crippen LogP contribution is -2.34. The molecule has 0 radical (unpaired) electrons. The minimum absolute atomic E-state index is 0.118. The molecule has 2 aromatic carbocycles. The van der Waals surface area contributed by atoms with Crippen molar-refractivity contribution in [2.24, 2.45) is 0 Å². The number of hydrogen-bond acceptors (Lipinski definition) is 6. The van der Waals surface area contributed by atoms with Crippen molar-refractivity contribution in [3.63, 3.8) is 0 Å². The van der Waals surface area contributed by atoms with Crippen molar-refractivity contribution in [2.45, 2.75) is 30.3 Å². The molecule has 0 spiro atoms. The zero-order valence-corrected chi connectivity index (χ0v) is 18.9. The van der Waals surface area contributed by atoms with Crippen LogP contribution >= 0.6 is 11.8 Å². The first kappa shape index (κ1) is 21.7. The van der Waals surface area contributed by atoms with Gasteiger partial charge in [0.1, 0.15) is 5.75 Å². The highest BCUT2D eigenvalue weighted by atomic mass is 32.2. The number of methoxy groups -OCH3 is 1. The molecule has 164 valence electrons. The van der Waals surface area contributed by atoms with Crippen molar-refractivity contribution in [3.05, 3.63) is 78.6 Å². The van der Waals surface area contributed by atoms with Crippen molar-refractivity contribution in [3.8, 4) is 17.3 Å². The Morgan fingerprint density at radius 3 is 2.47 bits per heavy atom. The first-order valence-corrected chi connectivity index (χ1v) is 10.9. The number of carbonyl (C=O) groups is 1. The Morgan fingerprint density at radius 1 is 1.06 bits per heavy atom. The first-order valence-electron chi connectivity index (χ1n) is 10.1. The van der Waals surface area contributed by atoms with Crippen molar-refractivity contribution >= 4 is 23.4 Å². The highest BCUT2D eigenvalue weighted by molar-refractivity contribution is 8.01. The van der Waals surface area contributed by atoms with Crippen molar-refractivity contribution in [1.82, 2.24) is 14.8 Å². The fourth-order valence-corrected chi connectivity index (χ4v) is 4.03. The summed E-state index contributed by atoms with van der Waals surface area (Å²) in [6, 6.07) is 20.9. The third kappa shape index (κ3) is 4.86. The summed E-state index contributed by atoms with van der Waals surface area (Å²) in [4.78, 5) is 13.0. The van der Waals surface area contributed by atoms with Gasteiger partial charge in [-0.2, -0.15) is 0 Å². The molecule has 0 unspecified atom stereocenters. The number of ether oxygens (including phenoxy) is 1. The van der Waals surface area contributed by atoms with Crippen molar-refractivity contribution in [1.29, 1.82) is 0 Å². The highest BCUT2D eigenvalue weighted by Gasteiger charge is 2.32. The fourth-order valence-electron chi connectivity index (χ4n) is 3.09. The topological polar surface area (TPSA) is 82.2 Å². The lowest BCUT2D eigenvalue weighted by atomic mass is 10.2. The van der Waals surface area contributed by atoms with Crippen LogP contribution in [0.4, 0.5) is 5.69 Å². The number of benzene rings is 2. The summed E-state index contributed by atoms with van der Waals surface area (Å²) < 4.78 is 12.0. The van der Waals surface area contributed by atoms with Gasteiger partial charge in [0, 0.05) is 5.69 Å². The summed E-state index contributed by atoms with van der Waals surface area (Å²) in [5.74, 6) is 1.89. The summed E-state index contributed by atoms with van der Waals surface area (Å²) in [5.41, 5.74) is 1.80. The van der Waals surface area contributed by atoms with Gasteiger partial charge in [0.2, 0.25) is 11.7 Å². The number of furan rings is 1. The molecule has 0 atom stereocenters. The molecule has 8 heteroatoms. The van der Waals surface area contributed by atoms with Crippen LogP contribution in [0.3, 0.4) is 0 Å². The smallest absolute Gasteiger partial charge is 0.240 e. The Morgan fingerprint density at radius 2 is 1.81 bits per heavy atom. The van der Waals surface area contributed by atoms with Gasteiger partial charge >= 0.3 is 0 Å². The van der Waals surface area contributed by atoms with Gasteiger partial charge in [-0.25, -0.2) is 0 Å². The molecule has 0 aliphatic rings. The molecule has 2 aromatic heterocycles. The van der Waals surface area contributed by atoms with Gasteiger partial charge in [-0.1, -0.05) is 42.1 Å². The second-order valence-corrected chi connectivity index (χ2v) is 9.24. The third-order valence-electron chi connectivity index (χ3n) is 4.88. The average Bonchev–Trinajstić information content (AvgIpc) is 3.45. The van der Waals surface area contributed by atoms with Crippen LogP contribution in [0, 0.1) is 0 Å². The van der Waals surface area contributed by atoms with E-state index >= 15 is 0 Å². The van der Waals surface area contributed by atoms with E-state index in [1.54, 1.807) is 13.4 Å². The monoisotopic (exact) mass is 448 g/mol. The van der Waals surface area contributed by atoms with Gasteiger partial charge in [-0.15, -0.1) is 10.2 Å². The van der Waals surface area contributed by atoms with Crippen LogP contribution in [0.25, 0.3) is 11.6 Å². The fraction of sp³-hybridized carbons (Fsp3) is 0.208. The van der Waals surface area contributed by atoms with Crippen LogP contribution in [0.1, 0.15) is 19.4 Å². The van der Waals surface area contributed by atoms with E-state index in [1.165, 1.54) is 11.8 Å². The van der Waals surface area contributed by atoms with Crippen LogP contribution in [0.2, 0.25) is 0 Å². The highest BCUT2D eigenvalue weighted by Crippen LogP contribution is 2.35. The number of amides is 1. The van der Waals surface area contributed by atoms with Crippen molar-refractivity contribution < 1.29 is 13.9 Å². The van der Waals surface area contributed by atoms with E-state index in [0.717, 1.165) is 17.0 Å². The molecule has 0 aliphatic heterocycles. The third-order valence-corrected chi connectivity index (χ3v) is 6.06. The normalized spacial score (nSPS) is 11.3. The van der Waals surface area contributed by atoms with Gasteiger partial charge < -0.3 is 14.5 Å². The number of para-hydroxylation sites is 1. The molecule has 0 saturated carbocycles. The average molecular weight is 449 g/mol. The molecular formula is C24H24N4O3S. The molecule has 1 amide bonds. The van der Waals surface area contributed by atoms with Gasteiger partial charge in [-0.3, -0.25) is 9.36 Å². The van der Waals surface area contributed by atoms with E-state index in [-0.39, 0.29) is 5.91 Å². The predicted octanol–water partition coefficient (Wildman–Crippen LogP) is 5.10. The largest absolute Gasteiger partial charge is 0.497 e. The SMILES string of the molecule is COc1ccc(Cn2c(SC(C)(C)C(=O)Nc3ccccc3)nnc2-c2ccco2)cc1. The molecule has 0 saturated heterocycles. The second kappa shape index (κ2) is 9.32. The summed E-state index contributed by atoms with van der Waals surface area (Å²) >= 11 is 1.36. The molecule has 7 nitrogen and oxygen atoms in total. The molecule has 0 fully saturated rings. The number of hydrogen-bond donors (Lipinski definition) is 1. The molecule has 4 rings (SSSR count). The van der Waals surface area contributed by atoms with E-state index in [0.29, 0.717) is 23.3 Å². The first-order chi connectivity index (χ1) is 15.5. The quantitative estimate of drug-likeness (QED) is 0.378.